The summed E-state index contributed by atoms with van der Waals surface area (Å²) >= 11 is 3.50. The van der Waals surface area contributed by atoms with Crippen LogP contribution < -0.4 is 5.73 Å². The van der Waals surface area contributed by atoms with Gasteiger partial charge in [0.05, 0.1) is 5.39 Å². The molecule has 0 unspecified atom stereocenters. The maximum atomic E-state index is 10.8. The summed E-state index contributed by atoms with van der Waals surface area (Å²) in [6.45, 7) is 3.83. The number of aliphatic hydroxyl groups excluding tert-OH is 2. The minimum Gasteiger partial charge on any atom is -0.387 e. The molecule has 0 bridgehead atoms. The van der Waals surface area contributed by atoms with Crippen LogP contribution >= 0.6 is 15.9 Å². The van der Waals surface area contributed by atoms with Crippen molar-refractivity contribution in [2.24, 2.45) is 0 Å². The smallest absolute Gasteiger partial charge is 0.164 e. The number of fused-ring (bicyclic) bond motifs is 1. The van der Waals surface area contributed by atoms with Crippen molar-refractivity contribution < 1.29 is 14.9 Å². The predicted octanol–water partition coefficient (Wildman–Crippen LogP) is 0.955. The Morgan fingerprint density at radius 1 is 1.20 bits per heavy atom. The third-order valence-electron chi connectivity index (χ3n) is 7.26. The Hall–Kier alpha value is -1.30. The SMILES string of the molecule is CN1CCC2(CCCN2C[C@H]2O[C@@H](n3cc(Br)c4c(N)ncnc43)[C@H](O)[C@@H]2O)CC1. The molecule has 30 heavy (non-hydrogen) atoms. The van der Waals surface area contributed by atoms with E-state index in [1.807, 2.05) is 0 Å². The number of hydrogen-bond donors (Lipinski definition) is 3. The number of rotatable bonds is 3. The van der Waals surface area contributed by atoms with Crippen LogP contribution in [0.5, 0.6) is 0 Å². The van der Waals surface area contributed by atoms with Gasteiger partial charge in [0.25, 0.3) is 0 Å². The second kappa shape index (κ2) is 7.68. The van der Waals surface area contributed by atoms with Crippen LogP contribution in [-0.2, 0) is 4.74 Å². The Bertz CT molecular complexity index is 931. The molecular weight excluding hydrogens is 452 g/mol. The molecule has 4 atom stereocenters. The summed E-state index contributed by atoms with van der Waals surface area (Å²) in [4.78, 5) is 13.2. The number of ether oxygens (including phenoxy) is 1. The quantitative estimate of drug-likeness (QED) is 0.595. The van der Waals surface area contributed by atoms with Gasteiger partial charge in [0.2, 0.25) is 0 Å². The lowest BCUT2D eigenvalue weighted by Crippen LogP contribution is -2.54. The number of nitrogens with zero attached hydrogens (tertiary/aromatic N) is 5. The summed E-state index contributed by atoms with van der Waals surface area (Å²) in [5, 5.41) is 22.3. The summed E-state index contributed by atoms with van der Waals surface area (Å²) in [6, 6.07) is 0. The van der Waals surface area contributed by atoms with Crippen molar-refractivity contribution in [3.05, 3.63) is 17.0 Å². The zero-order valence-electron chi connectivity index (χ0n) is 17.1. The Morgan fingerprint density at radius 2 is 1.97 bits per heavy atom. The fraction of sp³-hybridized carbons (Fsp3) is 0.700. The largest absolute Gasteiger partial charge is 0.387 e. The Labute approximate surface area is 183 Å². The first-order valence-corrected chi connectivity index (χ1v) is 11.4. The van der Waals surface area contributed by atoms with Gasteiger partial charge in [0.15, 0.2) is 6.23 Å². The van der Waals surface area contributed by atoms with E-state index in [0.717, 1.165) is 36.9 Å². The average molecular weight is 481 g/mol. The van der Waals surface area contributed by atoms with E-state index >= 15 is 0 Å². The van der Waals surface area contributed by atoms with Crippen LogP contribution in [0.1, 0.15) is 31.9 Å². The molecule has 3 aliphatic heterocycles. The monoisotopic (exact) mass is 480 g/mol. The van der Waals surface area contributed by atoms with Gasteiger partial charge in [0, 0.05) is 22.8 Å². The van der Waals surface area contributed by atoms with Gasteiger partial charge in [0.1, 0.15) is 36.1 Å². The maximum Gasteiger partial charge on any atom is 0.164 e. The van der Waals surface area contributed by atoms with E-state index in [9.17, 15) is 10.2 Å². The molecule has 3 fully saturated rings. The molecule has 0 radical (unpaired) electrons. The number of aromatic nitrogens is 3. The van der Waals surface area contributed by atoms with Gasteiger partial charge in [-0.3, -0.25) is 4.90 Å². The summed E-state index contributed by atoms with van der Waals surface area (Å²) in [7, 11) is 2.17. The number of halogens is 1. The minimum atomic E-state index is -1.05. The lowest BCUT2D eigenvalue weighted by molar-refractivity contribution is -0.0569. The van der Waals surface area contributed by atoms with Crippen LogP contribution in [0.15, 0.2) is 17.0 Å². The second-order valence-electron chi connectivity index (χ2n) is 8.97. The van der Waals surface area contributed by atoms with E-state index in [1.54, 1.807) is 10.8 Å². The lowest BCUT2D eigenvalue weighted by Gasteiger charge is -2.45. The van der Waals surface area contributed by atoms with Gasteiger partial charge >= 0.3 is 0 Å². The van der Waals surface area contributed by atoms with Crippen molar-refractivity contribution in [3.63, 3.8) is 0 Å². The first kappa shape index (κ1) is 20.6. The first-order chi connectivity index (χ1) is 14.4. The maximum absolute atomic E-state index is 10.8. The van der Waals surface area contributed by atoms with E-state index in [0.29, 0.717) is 23.4 Å². The predicted molar refractivity (Wildman–Crippen MR) is 116 cm³/mol. The van der Waals surface area contributed by atoms with E-state index in [2.05, 4.69) is 42.7 Å². The van der Waals surface area contributed by atoms with Crippen molar-refractivity contribution in [1.82, 2.24) is 24.3 Å². The highest BCUT2D eigenvalue weighted by atomic mass is 79.9. The summed E-state index contributed by atoms with van der Waals surface area (Å²) in [5.74, 6) is 0.358. The van der Waals surface area contributed by atoms with Gasteiger partial charge in [-0.25, -0.2) is 9.97 Å². The first-order valence-electron chi connectivity index (χ1n) is 10.6. The van der Waals surface area contributed by atoms with Crippen LogP contribution in [0.25, 0.3) is 11.0 Å². The molecule has 2 aromatic rings. The third kappa shape index (κ3) is 3.25. The number of nitrogen functional groups attached to an aromatic ring is 1. The molecule has 2 aromatic heterocycles. The summed E-state index contributed by atoms with van der Waals surface area (Å²) in [5.41, 5.74) is 6.77. The van der Waals surface area contributed by atoms with Crippen LogP contribution in [0.2, 0.25) is 0 Å². The van der Waals surface area contributed by atoms with Gasteiger partial charge in [-0.15, -0.1) is 0 Å². The zero-order valence-corrected chi connectivity index (χ0v) is 18.7. The molecule has 0 aromatic carbocycles. The fourth-order valence-electron chi connectivity index (χ4n) is 5.46. The molecular formula is C20H29BrN6O3. The number of anilines is 1. The fourth-order valence-corrected chi connectivity index (χ4v) is 6.06. The third-order valence-corrected chi connectivity index (χ3v) is 7.86. The molecule has 0 amide bonds. The molecule has 0 aliphatic carbocycles. The van der Waals surface area contributed by atoms with Crippen LogP contribution in [0, 0.1) is 0 Å². The van der Waals surface area contributed by atoms with Crippen LogP contribution in [0.3, 0.4) is 0 Å². The molecule has 4 N–H and O–H groups in total. The summed E-state index contributed by atoms with van der Waals surface area (Å²) in [6.07, 6.45) is 4.62. The Balaban J connectivity index is 1.38. The molecule has 9 nitrogen and oxygen atoms in total. The Kier molecular flexibility index (Phi) is 5.27. The van der Waals surface area contributed by atoms with Gasteiger partial charge in [-0.2, -0.15) is 0 Å². The van der Waals surface area contributed by atoms with E-state index < -0.39 is 24.5 Å². The van der Waals surface area contributed by atoms with E-state index in [1.165, 1.54) is 19.2 Å². The molecule has 5 rings (SSSR count). The number of hydrogen-bond acceptors (Lipinski definition) is 8. The normalized spacial score (nSPS) is 32.5. The standard InChI is InChI=1S/C20H29BrN6O3/c1-25-7-4-20(5-8-25)3-2-6-26(20)10-13-15(28)16(29)19(30-13)27-9-12(21)14-17(22)23-11-24-18(14)27/h9,11,13,15-16,19,28-29H,2-8,10H2,1H3,(H2,22,23,24)/t13-,15-,16-,19-/m1/s1. The lowest BCUT2D eigenvalue weighted by atomic mass is 9.85. The van der Waals surface area contributed by atoms with Crippen molar-refractivity contribution >= 4 is 32.8 Å². The summed E-state index contributed by atoms with van der Waals surface area (Å²) < 4.78 is 8.71. The number of likely N-dealkylation sites (tertiary alicyclic amines) is 2. The topological polar surface area (TPSA) is 113 Å². The molecule has 10 heteroatoms. The minimum absolute atomic E-state index is 0.198. The highest BCUT2D eigenvalue weighted by Gasteiger charge is 2.49. The van der Waals surface area contributed by atoms with Crippen LogP contribution in [0.4, 0.5) is 5.82 Å². The number of aliphatic hydroxyl groups is 2. The molecule has 1 spiro atoms. The second-order valence-corrected chi connectivity index (χ2v) is 9.82. The van der Waals surface area contributed by atoms with Crippen molar-refractivity contribution in [2.75, 3.05) is 39.0 Å². The van der Waals surface area contributed by atoms with Crippen molar-refractivity contribution in [1.29, 1.82) is 0 Å². The van der Waals surface area contributed by atoms with Gasteiger partial charge < -0.3 is 30.2 Å². The highest BCUT2D eigenvalue weighted by molar-refractivity contribution is 9.10. The molecule has 164 valence electrons. The van der Waals surface area contributed by atoms with Gasteiger partial charge in [-0.05, 0) is 68.3 Å². The Morgan fingerprint density at radius 3 is 2.73 bits per heavy atom. The highest BCUT2D eigenvalue weighted by Crippen LogP contribution is 2.41. The zero-order chi connectivity index (χ0) is 21.0. The van der Waals surface area contributed by atoms with E-state index in [-0.39, 0.29) is 5.54 Å². The molecule has 3 aliphatic rings. The molecule has 0 saturated carbocycles. The van der Waals surface area contributed by atoms with E-state index in [4.69, 9.17) is 10.5 Å². The molecule has 5 heterocycles. The number of nitrogens with two attached hydrogens (primary N) is 1. The average Bonchev–Trinajstić information content (AvgIpc) is 3.36. The number of piperidine rings is 1. The van der Waals surface area contributed by atoms with Crippen molar-refractivity contribution in [3.8, 4) is 0 Å². The van der Waals surface area contributed by atoms with Crippen molar-refractivity contribution in [2.45, 2.75) is 55.8 Å². The molecule has 3 saturated heterocycles. The van der Waals surface area contributed by atoms with Crippen LogP contribution in [-0.4, -0.2) is 91.6 Å². The van der Waals surface area contributed by atoms with Gasteiger partial charge in [-0.1, -0.05) is 0 Å².